The van der Waals surface area contributed by atoms with E-state index in [0.29, 0.717) is 10.6 Å². The van der Waals surface area contributed by atoms with Gasteiger partial charge in [-0.05, 0) is 19.1 Å². The van der Waals surface area contributed by atoms with E-state index in [2.05, 4.69) is 0 Å². The smallest absolute Gasteiger partial charge is 0.409 e. The molecule has 0 fully saturated rings. The third kappa shape index (κ3) is 3.59. The Morgan fingerprint density at radius 2 is 2.13 bits per heavy atom. The summed E-state index contributed by atoms with van der Waals surface area (Å²) in [5.74, 6) is 0.192. The summed E-state index contributed by atoms with van der Waals surface area (Å²) in [4.78, 5) is 21.5. The third-order valence-corrected chi connectivity index (χ3v) is 1.91. The zero-order valence-electron chi connectivity index (χ0n) is 8.12. The number of nitrogens with two attached hydrogens (primary N) is 1. The molecule has 0 aliphatic heterocycles. The minimum absolute atomic E-state index is 0.0355. The van der Waals surface area contributed by atoms with Gasteiger partial charge >= 0.3 is 6.09 Å². The Morgan fingerprint density at radius 3 is 2.67 bits per heavy atom. The molecular formula is C10H10ClNO3. The van der Waals surface area contributed by atoms with Crippen LogP contribution in [0.5, 0.6) is 5.75 Å². The standard InChI is InChI=1S/C10H10ClNO3/c1-6(13)4-7-2-3-8(11)5-9(7)15-10(12)14/h2-3,5H,4H2,1H3,(H2,12,14). The van der Waals surface area contributed by atoms with E-state index in [0.717, 1.165) is 0 Å². The summed E-state index contributed by atoms with van der Waals surface area (Å²) in [6, 6.07) is 4.69. The van der Waals surface area contributed by atoms with Gasteiger partial charge in [0.05, 0.1) is 0 Å². The summed E-state index contributed by atoms with van der Waals surface area (Å²) >= 11 is 5.72. The molecule has 1 amide bonds. The average molecular weight is 228 g/mol. The van der Waals surface area contributed by atoms with Crippen molar-refractivity contribution in [1.29, 1.82) is 0 Å². The Labute approximate surface area is 92.0 Å². The minimum Gasteiger partial charge on any atom is -0.410 e. The number of benzene rings is 1. The molecule has 1 rings (SSSR count). The molecular weight excluding hydrogens is 218 g/mol. The van der Waals surface area contributed by atoms with Gasteiger partial charge in [-0.3, -0.25) is 4.79 Å². The van der Waals surface area contributed by atoms with Crippen LogP contribution >= 0.6 is 11.6 Å². The highest BCUT2D eigenvalue weighted by atomic mass is 35.5. The first-order valence-electron chi connectivity index (χ1n) is 4.24. The van der Waals surface area contributed by atoms with Gasteiger partial charge in [-0.15, -0.1) is 0 Å². The van der Waals surface area contributed by atoms with Gasteiger partial charge in [0.1, 0.15) is 11.5 Å². The number of hydrogen-bond acceptors (Lipinski definition) is 3. The van der Waals surface area contributed by atoms with Crippen molar-refractivity contribution < 1.29 is 14.3 Å². The quantitative estimate of drug-likeness (QED) is 0.858. The lowest BCUT2D eigenvalue weighted by Crippen LogP contribution is -2.17. The van der Waals surface area contributed by atoms with Crippen LogP contribution < -0.4 is 10.5 Å². The Hall–Kier alpha value is -1.55. The molecule has 1 aromatic rings. The van der Waals surface area contributed by atoms with Crippen molar-refractivity contribution in [3.05, 3.63) is 28.8 Å². The third-order valence-electron chi connectivity index (χ3n) is 1.68. The Kier molecular flexibility index (Phi) is 3.68. The second-order valence-electron chi connectivity index (χ2n) is 3.05. The first-order chi connectivity index (χ1) is 6.99. The lowest BCUT2D eigenvalue weighted by Gasteiger charge is -2.07. The van der Waals surface area contributed by atoms with Gasteiger partial charge in [0, 0.05) is 17.0 Å². The van der Waals surface area contributed by atoms with Crippen molar-refractivity contribution in [2.75, 3.05) is 0 Å². The molecule has 0 saturated heterocycles. The van der Waals surface area contributed by atoms with Crippen molar-refractivity contribution in [3.63, 3.8) is 0 Å². The monoisotopic (exact) mass is 227 g/mol. The largest absolute Gasteiger partial charge is 0.410 e. The van der Waals surface area contributed by atoms with E-state index in [1.165, 1.54) is 13.0 Å². The second-order valence-corrected chi connectivity index (χ2v) is 3.49. The molecule has 0 unspecified atom stereocenters. The number of primary amides is 1. The van der Waals surface area contributed by atoms with Crippen molar-refractivity contribution in [1.82, 2.24) is 0 Å². The zero-order valence-corrected chi connectivity index (χ0v) is 8.88. The van der Waals surface area contributed by atoms with Crippen LogP contribution in [-0.2, 0) is 11.2 Å². The molecule has 0 aromatic heterocycles. The van der Waals surface area contributed by atoms with Crippen LogP contribution in [0.1, 0.15) is 12.5 Å². The van der Waals surface area contributed by atoms with Gasteiger partial charge in [-0.2, -0.15) is 0 Å². The molecule has 0 aliphatic rings. The maximum atomic E-state index is 10.9. The van der Waals surface area contributed by atoms with Crippen LogP contribution in [0.4, 0.5) is 4.79 Å². The van der Waals surface area contributed by atoms with Gasteiger partial charge in [-0.1, -0.05) is 17.7 Å². The van der Waals surface area contributed by atoms with Crippen molar-refractivity contribution in [2.45, 2.75) is 13.3 Å². The maximum Gasteiger partial charge on any atom is 0.409 e. The fourth-order valence-corrected chi connectivity index (χ4v) is 1.31. The number of ether oxygens (including phenoxy) is 1. The first-order valence-corrected chi connectivity index (χ1v) is 4.62. The van der Waals surface area contributed by atoms with E-state index >= 15 is 0 Å². The van der Waals surface area contributed by atoms with E-state index in [9.17, 15) is 9.59 Å². The van der Waals surface area contributed by atoms with Crippen molar-refractivity contribution >= 4 is 23.5 Å². The first kappa shape index (κ1) is 11.5. The van der Waals surface area contributed by atoms with Crippen LogP contribution in [0.25, 0.3) is 0 Å². The van der Waals surface area contributed by atoms with Crippen LogP contribution in [-0.4, -0.2) is 11.9 Å². The molecule has 80 valence electrons. The van der Waals surface area contributed by atoms with Crippen LogP contribution in [0.15, 0.2) is 18.2 Å². The van der Waals surface area contributed by atoms with Gasteiger partial charge in [0.25, 0.3) is 0 Å². The molecule has 1 aromatic carbocycles. The topological polar surface area (TPSA) is 69.4 Å². The van der Waals surface area contributed by atoms with Crippen LogP contribution in [0.2, 0.25) is 5.02 Å². The maximum absolute atomic E-state index is 10.9. The molecule has 2 N–H and O–H groups in total. The highest BCUT2D eigenvalue weighted by Crippen LogP contribution is 2.24. The molecule has 0 bridgehead atoms. The lowest BCUT2D eigenvalue weighted by molar-refractivity contribution is -0.116. The van der Waals surface area contributed by atoms with Gasteiger partial charge in [-0.25, -0.2) is 4.79 Å². The molecule has 15 heavy (non-hydrogen) atoms. The predicted molar refractivity (Wildman–Crippen MR) is 56.0 cm³/mol. The Bertz CT molecular complexity index is 404. The molecule has 0 heterocycles. The van der Waals surface area contributed by atoms with E-state index < -0.39 is 6.09 Å². The number of halogens is 1. The number of amides is 1. The second kappa shape index (κ2) is 4.79. The summed E-state index contributed by atoms with van der Waals surface area (Å²) in [6.45, 7) is 1.45. The molecule has 0 aliphatic carbocycles. The lowest BCUT2D eigenvalue weighted by atomic mass is 10.1. The number of carbonyl (C=O) groups is 2. The Morgan fingerprint density at radius 1 is 1.47 bits per heavy atom. The summed E-state index contributed by atoms with van der Waals surface area (Å²) in [7, 11) is 0. The highest BCUT2D eigenvalue weighted by molar-refractivity contribution is 6.30. The molecule has 0 radical (unpaired) electrons. The number of rotatable bonds is 3. The number of ketones is 1. The zero-order chi connectivity index (χ0) is 11.4. The summed E-state index contributed by atoms with van der Waals surface area (Å²) in [5, 5.41) is 0.415. The SMILES string of the molecule is CC(=O)Cc1ccc(Cl)cc1OC(N)=O. The van der Waals surface area contributed by atoms with E-state index in [4.69, 9.17) is 22.1 Å². The number of Topliss-reactive ketones (excluding diaryl/α,β-unsaturated/α-hetero) is 1. The summed E-state index contributed by atoms with van der Waals surface area (Å²) in [6.07, 6.45) is -0.748. The van der Waals surface area contributed by atoms with Gasteiger partial charge < -0.3 is 10.5 Å². The van der Waals surface area contributed by atoms with E-state index in [1.54, 1.807) is 12.1 Å². The minimum atomic E-state index is -0.929. The van der Waals surface area contributed by atoms with E-state index in [1.807, 2.05) is 0 Å². The molecule has 0 spiro atoms. The van der Waals surface area contributed by atoms with Crippen molar-refractivity contribution in [2.24, 2.45) is 5.73 Å². The summed E-state index contributed by atoms with van der Waals surface area (Å²) in [5.41, 5.74) is 5.47. The average Bonchev–Trinajstić information content (AvgIpc) is 2.08. The van der Waals surface area contributed by atoms with Gasteiger partial charge in [0.2, 0.25) is 0 Å². The van der Waals surface area contributed by atoms with Crippen molar-refractivity contribution in [3.8, 4) is 5.75 Å². The summed E-state index contributed by atoms with van der Waals surface area (Å²) < 4.78 is 4.73. The molecule has 5 heteroatoms. The predicted octanol–water partition coefficient (Wildman–Crippen LogP) is 1.93. The highest BCUT2D eigenvalue weighted by Gasteiger charge is 2.09. The molecule has 0 saturated carbocycles. The Balaban J connectivity index is 3.02. The molecule has 4 nitrogen and oxygen atoms in total. The fourth-order valence-electron chi connectivity index (χ4n) is 1.15. The number of carbonyl (C=O) groups excluding carboxylic acids is 2. The number of hydrogen-bond donors (Lipinski definition) is 1. The molecule has 0 atom stereocenters. The fraction of sp³-hybridized carbons (Fsp3) is 0.200. The van der Waals surface area contributed by atoms with Gasteiger partial charge in [0.15, 0.2) is 0 Å². The van der Waals surface area contributed by atoms with E-state index in [-0.39, 0.29) is 18.0 Å². The van der Waals surface area contributed by atoms with Crippen LogP contribution in [0.3, 0.4) is 0 Å². The van der Waals surface area contributed by atoms with Crippen LogP contribution in [0, 0.1) is 0 Å². The normalized spacial score (nSPS) is 9.73.